The van der Waals surface area contributed by atoms with Crippen molar-refractivity contribution in [2.24, 2.45) is 5.92 Å². The van der Waals surface area contributed by atoms with Crippen LogP contribution in [0.25, 0.3) is 0 Å². The molecule has 1 aliphatic rings. The number of methoxy groups -OCH3 is 1. The third-order valence-corrected chi connectivity index (χ3v) is 4.90. The normalized spacial score (nSPS) is 18.6. The van der Waals surface area contributed by atoms with E-state index < -0.39 is 0 Å². The zero-order valence-corrected chi connectivity index (χ0v) is 13.8. The Bertz CT molecular complexity index is 444. The highest BCUT2D eigenvalue weighted by Gasteiger charge is 2.26. The van der Waals surface area contributed by atoms with Crippen molar-refractivity contribution in [3.05, 3.63) is 28.0 Å². The van der Waals surface area contributed by atoms with E-state index in [9.17, 15) is 4.39 Å². The number of hydrogen-bond acceptors (Lipinski definition) is 2. The maximum absolute atomic E-state index is 13.7. The van der Waals surface area contributed by atoms with Gasteiger partial charge in [-0.25, -0.2) is 4.39 Å². The molecule has 1 saturated carbocycles. The summed E-state index contributed by atoms with van der Waals surface area (Å²) in [5.74, 6) is 0.948. The summed E-state index contributed by atoms with van der Waals surface area (Å²) >= 11 is 3.29. The van der Waals surface area contributed by atoms with Gasteiger partial charge in [-0.2, -0.15) is 0 Å². The second-order valence-corrected chi connectivity index (χ2v) is 6.38. The number of benzene rings is 1. The lowest BCUT2D eigenvalue weighted by atomic mass is 9.87. The lowest BCUT2D eigenvalue weighted by molar-refractivity contribution is 0.325. The van der Waals surface area contributed by atoms with Crippen molar-refractivity contribution >= 4 is 15.9 Å². The average Bonchev–Trinajstić information content (AvgIpc) is 2.72. The molecule has 20 heavy (non-hydrogen) atoms. The summed E-state index contributed by atoms with van der Waals surface area (Å²) in [7, 11) is 3.58. The van der Waals surface area contributed by atoms with Crippen LogP contribution in [-0.2, 0) is 0 Å². The topological polar surface area (TPSA) is 21.3 Å². The van der Waals surface area contributed by atoms with Crippen LogP contribution in [0.5, 0.6) is 5.75 Å². The van der Waals surface area contributed by atoms with E-state index in [2.05, 4.69) is 21.2 Å². The summed E-state index contributed by atoms with van der Waals surface area (Å²) in [4.78, 5) is 0. The van der Waals surface area contributed by atoms with Crippen LogP contribution >= 0.6 is 15.9 Å². The molecule has 1 aromatic carbocycles. The Labute approximate surface area is 129 Å². The molecule has 0 spiro atoms. The fourth-order valence-electron chi connectivity index (χ4n) is 3.25. The van der Waals surface area contributed by atoms with Gasteiger partial charge in [0, 0.05) is 17.7 Å². The average molecular weight is 344 g/mol. The zero-order chi connectivity index (χ0) is 14.5. The molecule has 1 atom stereocenters. The molecule has 0 heterocycles. The van der Waals surface area contributed by atoms with Gasteiger partial charge in [-0.3, -0.25) is 0 Å². The molecule has 1 aliphatic carbocycles. The first-order valence-corrected chi connectivity index (χ1v) is 8.17. The Morgan fingerprint density at radius 3 is 2.45 bits per heavy atom. The maximum atomic E-state index is 13.7. The molecule has 0 saturated heterocycles. The molecule has 1 N–H and O–H groups in total. The number of rotatable bonds is 4. The van der Waals surface area contributed by atoms with Gasteiger partial charge in [-0.15, -0.1) is 0 Å². The molecule has 1 aromatic rings. The quantitative estimate of drug-likeness (QED) is 0.790. The minimum atomic E-state index is -0.277. The van der Waals surface area contributed by atoms with Gasteiger partial charge in [0.25, 0.3) is 0 Å². The predicted octanol–water partition coefficient (Wildman–Crippen LogP) is 4.83. The smallest absolute Gasteiger partial charge is 0.141 e. The van der Waals surface area contributed by atoms with Crippen LogP contribution in [0.2, 0.25) is 0 Å². The SMILES string of the molecule is CNC(c1cc(Br)c(F)cc1OC)C1CCCCCC1. The van der Waals surface area contributed by atoms with E-state index in [0.29, 0.717) is 16.1 Å². The highest BCUT2D eigenvalue weighted by Crippen LogP contribution is 2.39. The van der Waals surface area contributed by atoms with Crippen molar-refractivity contribution in [1.82, 2.24) is 5.32 Å². The first kappa shape index (κ1) is 15.8. The van der Waals surface area contributed by atoms with E-state index in [1.807, 2.05) is 13.1 Å². The van der Waals surface area contributed by atoms with E-state index in [1.165, 1.54) is 44.6 Å². The van der Waals surface area contributed by atoms with Crippen LogP contribution in [0, 0.1) is 11.7 Å². The Kier molecular flexibility index (Phi) is 5.85. The maximum Gasteiger partial charge on any atom is 0.141 e. The first-order valence-electron chi connectivity index (χ1n) is 7.37. The lowest BCUT2D eigenvalue weighted by Gasteiger charge is -2.28. The summed E-state index contributed by atoms with van der Waals surface area (Å²) in [5, 5.41) is 3.41. The van der Waals surface area contributed by atoms with Crippen molar-refractivity contribution < 1.29 is 9.13 Å². The van der Waals surface area contributed by atoms with E-state index in [0.717, 1.165) is 5.56 Å². The van der Waals surface area contributed by atoms with Crippen LogP contribution in [0.1, 0.15) is 50.1 Å². The number of halogens is 2. The number of nitrogens with one attached hydrogen (secondary N) is 1. The van der Waals surface area contributed by atoms with Crippen LogP contribution in [0.3, 0.4) is 0 Å². The van der Waals surface area contributed by atoms with E-state index in [4.69, 9.17) is 4.74 Å². The zero-order valence-electron chi connectivity index (χ0n) is 12.2. The standard InChI is InChI=1S/C16H23BrFNO/c1-19-16(11-7-5-3-4-6-8-11)12-9-13(17)14(18)10-15(12)20-2/h9-11,16,19H,3-8H2,1-2H3. The van der Waals surface area contributed by atoms with Gasteiger partial charge >= 0.3 is 0 Å². The van der Waals surface area contributed by atoms with Gasteiger partial charge in [0.05, 0.1) is 11.6 Å². The third-order valence-electron chi connectivity index (χ3n) is 4.29. The van der Waals surface area contributed by atoms with Crippen molar-refractivity contribution in [1.29, 1.82) is 0 Å². The molecule has 1 fully saturated rings. The molecular formula is C16H23BrFNO. The predicted molar refractivity (Wildman–Crippen MR) is 83.6 cm³/mol. The first-order chi connectivity index (χ1) is 9.67. The Balaban J connectivity index is 2.32. The van der Waals surface area contributed by atoms with Gasteiger partial charge < -0.3 is 10.1 Å². The number of hydrogen-bond donors (Lipinski definition) is 1. The van der Waals surface area contributed by atoms with E-state index >= 15 is 0 Å². The summed E-state index contributed by atoms with van der Waals surface area (Å²) in [6.07, 6.45) is 7.68. The fourth-order valence-corrected chi connectivity index (χ4v) is 3.61. The lowest BCUT2D eigenvalue weighted by Crippen LogP contribution is -2.25. The molecule has 4 heteroatoms. The van der Waals surface area contributed by atoms with E-state index in [1.54, 1.807) is 7.11 Å². The Morgan fingerprint density at radius 2 is 1.90 bits per heavy atom. The molecule has 0 aliphatic heterocycles. The molecule has 2 nitrogen and oxygen atoms in total. The molecule has 112 valence electrons. The van der Waals surface area contributed by atoms with Gasteiger partial charge in [-0.1, -0.05) is 25.7 Å². The minimum absolute atomic E-state index is 0.222. The van der Waals surface area contributed by atoms with E-state index in [-0.39, 0.29) is 11.9 Å². The van der Waals surface area contributed by atoms with Gasteiger partial charge in [-0.05, 0) is 47.8 Å². The molecular weight excluding hydrogens is 321 g/mol. The summed E-state index contributed by atoms with van der Waals surface area (Å²) in [6, 6.07) is 3.56. The van der Waals surface area contributed by atoms with Gasteiger partial charge in [0.15, 0.2) is 0 Å². The van der Waals surface area contributed by atoms with Crippen LogP contribution in [0.4, 0.5) is 4.39 Å². The highest BCUT2D eigenvalue weighted by molar-refractivity contribution is 9.10. The molecule has 0 aromatic heterocycles. The van der Waals surface area contributed by atoms with Gasteiger partial charge in [0.2, 0.25) is 0 Å². The van der Waals surface area contributed by atoms with Crippen molar-refractivity contribution in [3.8, 4) is 5.75 Å². The van der Waals surface area contributed by atoms with Gasteiger partial charge in [0.1, 0.15) is 11.6 Å². The molecule has 1 unspecified atom stereocenters. The fraction of sp³-hybridized carbons (Fsp3) is 0.625. The second kappa shape index (κ2) is 7.41. The third kappa shape index (κ3) is 3.53. The highest BCUT2D eigenvalue weighted by atomic mass is 79.9. The Morgan fingerprint density at radius 1 is 1.25 bits per heavy atom. The van der Waals surface area contributed by atoms with Crippen molar-refractivity contribution in [3.63, 3.8) is 0 Å². The molecule has 0 radical (unpaired) electrons. The number of ether oxygens (including phenoxy) is 1. The molecule has 2 rings (SSSR count). The molecule has 0 amide bonds. The largest absolute Gasteiger partial charge is 0.496 e. The van der Waals surface area contributed by atoms with Crippen molar-refractivity contribution in [2.45, 2.75) is 44.6 Å². The summed E-state index contributed by atoms with van der Waals surface area (Å²) in [5.41, 5.74) is 1.05. The second-order valence-electron chi connectivity index (χ2n) is 5.53. The minimum Gasteiger partial charge on any atom is -0.496 e. The summed E-state index contributed by atoms with van der Waals surface area (Å²) in [6.45, 7) is 0. The van der Waals surface area contributed by atoms with Crippen molar-refractivity contribution in [2.75, 3.05) is 14.2 Å². The molecule has 0 bridgehead atoms. The van der Waals surface area contributed by atoms with Crippen LogP contribution < -0.4 is 10.1 Å². The van der Waals surface area contributed by atoms with Crippen LogP contribution in [-0.4, -0.2) is 14.2 Å². The Hall–Kier alpha value is -0.610. The summed E-state index contributed by atoms with van der Waals surface area (Å²) < 4.78 is 19.6. The van der Waals surface area contributed by atoms with Crippen LogP contribution in [0.15, 0.2) is 16.6 Å². The monoisotopic (exact) mass is 343 g/mol.